The highest BCUT2D eigenvalue weighted by Crippen LogP contribution is 2.35. The third-order valence-corrected chi connectivity index (χ3v) is 7.71. The normalized spacial score (nSPS) is 20.3. The number of aryl methyl sites for hydroxylation is 3. The van der Waals surface area contributed by atoms with Crippen molar-refractivity contribution >= 4 is 17.5 Å². The van der Waals surface area contributed by atoms with E-state index in [1.165, 1.54) is 12.0 Å². The van der Waals surface area contributed by atoms with Gasteiger partial charge >= 0.3 is 0 Å². The van der Waals surface area contributed by atoms with Crippen molar-refractivity contribution in [1.29, 1.82) is 0 Å². The average Bonchev–Trinajstić information content (AvgIpc) is 3.28. The molecule has 1 aliphatic heterocycles. The molecule has 1 aliphatic carbocycles. The Morgan fingerprint density at radius 1 is 1.03 bits per heavy atom. The number of hydrogen-bond donors (Lipinski definition) is 1. The van der Waals surface area contributed by atoms with Crippen LogP contribution in [0.15, 0.2) is 48.5 Å². The van der Waals surface area contributed by atoms with Gasteiger partial charge in [-0.2, -0.15) is 5.10 Å². The van der Waals surface area contributed by atoms with Crippen LogP contribution < -0.4 is 10.2 Å². The summed E-state index contributed by atoms with van der Waals surface area (Å²) < 4.78 is 1.73. The van der Waals surface area contributed by atoms with Gasteiger partial charge in [0.05, 0.1) is 12.2 Å². The minimum absolute atomic E-state index is 0.114. The number of aromatic nitrogens is 2. The summed E-state index contributed by atoms with van der Waals surface area (Å²) in [5.74, 6) is -0.312. The van der Waals surface area contributed by atoms with Crippen LogP contribution in [0.1, 0.15) is 73.1 Å². The fraction of sp³-hybridized carbons (Fsp3) is 0.433. The molecule has 0 saturated heterocycles. The zero-order chi connectivity index (χ0) is 25.4. The lowest BCUT2D eigenvalue weighted by Gasteiger charge is -2.44. The molecule has 5 rings (SSSR count). The van der Waals surface area contributed by atoms with Gasteiger partial charge < -0.3 is 5.32 Å². The van der Waals surface area contributed by atoms with Crippen LogP contribution in [0.25, 0.3) is 11.3 Å². The van der Waals surface area contributed by atoms with Gasteiger partial charge in [-0.1, -0.05) is 56.5 Å². The molecule has 1 N–H and O–H groups in total. The summed E-state index contributed by atoms with van der Waals surface area (Å²) >= 11 is 0. The second-order valence-corrected chi connectivity index (χ2v) is 10.7. The van der Waals surface area contributed by atoms with Crippen LogP contribution in [-0.2, 0) is 17.8 Å². The number of rotatable bonds is 5. The Hall–Kier alpha value is -3.41. The smallest absolute Gasteiger partial charge is 0.277 e. The lowest BCUT2D eigenvalue weighted by atomic mass is 9.90. The first-order chi connectivity index (χ1) is 17.3. The second kappa shape index (κ2) is 9.57. The molecule has 36 heavy (non-hydrogen) atoms. The van der Waals surface area contributed by atoms with Gasteiger partial charge in [0.15, 0.2) is 0 Å². The molecule has 2 aliphatic rings. The van der Waals surface area contributed by atoms with E-state index in [1.807, 2.05) is 51.1 Å². The maximum Gasteiger partial charge on any atom is 0.277 e. The van der Waals surface area contributed by atoms with Gasteiger partial charge in [-0.15, -0.1) is 0 Å². The SMILES string of the molecule is CCc1ccc(-c2cc3n(n2)C[C@](C)(C(=O)NC2CCCCC2)N(c2cc(C)cc(C)c2)C3=O)cc1. The van der Waals surface area contributed by atoms with Crippen molar-refractivity contribution < 1.29 is 9.59 Å². The number of fused-ring (bicyclic) bond motifs is 1. The summed E-state index contributed by atoms with van der Waals surface area (Å²) in [6.45, 7) is 8.34. The Bertz CT molecular complexity index is 1270. The molecule has 0 spiro atoms. The molecule has 1 aromatic heterocycles. The van der Waals surface area contributed by atoms with Crippen molar-refractivity contribution in [3.63, 3.8) is 0 Å². The van der Waals surface area contributed by atoms with Crippen molar-refractivity contribution in [3.8, 4) is 11.3 Å². The molecule has 1 atom stereocenters. The van der Waals surface area contributed by atoms with Gasteiger partial charge in [-0.3, -0.25) is 19.2 Å². The molecule has 2 amide bonds. The van der Waals surface area contributed by atoms with Crippen LogP contribution in [-0.4, -0.2) is 33.2 Å². The summed E-state index contributed by atoms with van der Waals surface area (Å²) in [6, 6.07) is 16.4. The molecule has 0 unspecified atom stereocenters. The molecule has 188 valence electrons. The highest BCUT2D eigenvalue weighted by Gasteiger charge is 2.49. The number of hydrogen-bond acceptors (Lipinski definition) is 3. The predicted octanol–water partition coefficient (Wildman–Crippen LogP) is 5.60. The van der Waals surface area contributed by atoms with E-state index < -0.39 is 5.54 Å². The molecule has 1 saturated carbocycles. The molecule has 2 heterocycles. The Labute approximate surface area is 213 Å². The topological polar surface area (TPSA) is 67.2 Å². The number of amides is 2. The lowest BCUT2D eigenvalue weighted by molar-refractivity contribution is -0.127. The average molecular weight is 485 g/mol. The molecule has 2 aromatic carbocycles. The predicted molar refractivity (Wildman–Crippen MR) is 143 cm³/mol. The van der Waals surface area contributed by atoms with E-state index >= 15 is 0 Å². The second-order valence-electron chi connectivity index (χ2n) is 10.7. The van der Waals surface area contributed by atoms with Crippen LogP contribution in [0.2, 0.25) is 0 Å². The van der Waals surface area contributed by atoms with Crippen LogP contribution in [0.3, 0.4) is 0 Å². The summed E-state index contributed by atoms with van der Waals surface area (Å²) in [6.07, 6.45) is 6.43. The first-order valence-electron chi connectivity index (χ1n) is 13.2. The van der Waals surface area contributed by atoms with E-state index in [9.17, 15) is 9.59 Å². The highest BCUT2D eigenvalue weighted by molar-refractivity contribution is 6.12. The number of nitrogens with one attached hydrogen (secondary N) is 1. The minimum atomic E-state index is -1.10. The van der Waals surface area contributed by atoms with Gasteiger partial charge in [0.2, 0.25) is 5.91 Å². The Morgan fingerprint density at radius 3 is 2.33 bits per heavy atom. The van der Waals surface area contributed by atoms with E-state index in [-0.39, 0.29) is 17.9 Å². The van der Waals surface area contributed by atoms with Crippen molar-refractivity contribution in [2.24, 2.45) is 0 Å². The molecule has 6 nitrogen and oxygen atoms in total. The van der Waals surface area contributed by atoms with Crippen LogP contribution >= 0.6 is 0 Å². The fourth-order valence-electron chi connectivity index (χ4n) is 5.71. The van der Waals surface area contributed by atoms with Gasteiger partial charge in [0, 0.05) is 17.3 Å². The van der Waals surface area contributed by atoms with Crippen molar-refractivity contribution in [1.82, 2.24) is 15.1 Å². The summed E-state index contributed by atoms with van der Waals surface area (Å²) in [4.78, 5) is 29.7. The molecule has 0 radical (unpaired) electrons. The van der Waals surface area contributed by atoms with E-state index in [1.54, 1.807) is 9.58 Å². The number of benzene rings is 2. The molecule has 0 bridgehead atoms. The quantitative estimate of drug-likeness (QED) is 0.513. The maximum absolute atomic E-state index is 14.1. The number of anilines is 1. The molecular weight excluding hydrogens is 448 g/mol. The Balaban J connectivity index is 1.56. The van der Waals surface area contributed by atoms with Crippen LogP contribution in [0.4, 0.5) is 5.69 Å². The van der Waals surface area contributed by atoms with Crippen LogP contribution in [0.5, 0.6) is 0 Å². The lowest BCUT2D eigenvalue weighted by Crippen LogP contribution is -2.65. The van der Waals surface area contributed by atoms with Gasteiger partial charge in [-0.05, 0) is 74.9 Å². The zero-order valence-corrected chi connectivity index (χ0v) is 21.8. The number of carbonyl (C=O) groups is 2. The van der Waals surface area contributed by atoms with E-state index in [0.29, 0.717) is 12.2 Å². The van der Waals surface area contributed by atoms with Gasteiger partial charge in [0.1, 0.15) is 11.2 Å². The van der Waals surface area contributed by atoms with E-state index in [4.69, 9.17) is 5.10 Å². The monoisotopic (exact) mass is 484 g/mol. The van der Waals surface area contributed by atoms with E-state index in [0.717, 1.165) is 60.2 Å². The molecular formula is C30H36N4O2. The first-order valence-corrected chi connectivity index (χ1v) is 13.2. The first kappa shape index (κ1) is 24.3. The summed E-state index contributed by atoms with van der Waals surface area (Å²) in [5.41, 5.74) is 5.24. The van der Waals surface area contributed by atoms with E-state index in [2.05, 4.69) is 30.4 Å². The molecule has 3 aromatic rings. The van der Waals surface area contributed by atoms with Crippen LogP contribution in [0, 0.1) is 13.8 Å². The Kier molecular flexibility index (Phi) is 6.45. The van der Waals surface area contributed by atoms with Gasteiger partial charge in [-0.25, -0.2) is 0 Å². The molecule has 1 fully saturated rings. The van der Waals surface area contributed by atoms with Crippen molar-refractivity contribution in [2.45, 2.75) is 84.3 Å². The third kappa shape index (κ3) is 4.45. The van der Waals surface area contributed by atoms with Crippen molar-refractivity contribution in [3.05, 3.63) is 70.9 Å². The largest absolute Gasteiger partial charge is 0.351 e. The number of carbonyl (C=O) groups excluding carboxylic acids is 2. The fourth-order valence-corrected chi connectivity index (χ4v) is 5.71. The standard InChI is InChI=1S/C30H36N4O2/c1-5-22-11-13-23(14-12-22)26-18-27-28(35)34(25-16-20(2)15-21(3)17-25)30(4,19-33(27)32-26)29(36)31-24-9-7-6-8-10-24/h11-18,24H,5-10,19H2,1-4H3,(H,31,36)/t30-/m1/s1. The number of nitrogens with zero attached hydrogens (tertiary/aromatic N) is 3. The highest BCUT2D eigenvalue weighted by atomic mass is 16.2. The Morgan fingerprint density at radius 2 is 1.69 bits per heavy atom. The maximum atomic E-state index is 14.1. The summed E-state index contributed by atoms with van der Waals surface area (Å²) in [7, 11) is 0. The minimum Gasteiger partial charge on any atom is -0.351 e. The van der Waals surface area contributed by atoms with Gasteiger partial charge in [0.25, 0.3) is 5.91 Å². The third-order valence-electron chi connectivity index (χ3n) is 7.71. The zero-order valence-electron chi connectivity index (χ0n) is 21.8. The van der Waals surface area contributed by atoms with Crippen molar-refractivity contribution in [2.75, 3.05) is 4.90 Å². The summed E-state index contributed by atoms with van der Waals surface area (Å²) in [5, 5.41) is 8.09. The molecule has 6 heteroatoms.